The number of fused-ring (bicyclic) bond motifs is 1. The standard InChI is InChI=1S/C20H23NO9S/c1-12(2)18(20(23)30-11-17-14(6-7-27-17)19(22)26-3)21-31(24,25)13-4-5-15-16(10-13)29-9-8-28-15/h4-7,10,12,18,21H,8-9,11H2,1-3H3/t18-/m0/s1. The van der Waals surface area contributed by atoms with Gasteiger partial charge in [0.25, 0.3) is 0 Å². The number of carbonyl (C=O) groups is 2. The Hall–Kier alpha value is -3.05. The molecule has 0 fully saturated rings. The molecule has 31 heavy (non-hydrogen) atoms. The second-order valence-corrected chi connectivity index (χ2v) is 8.72. The smallest absolute Gasteiger partial charge is 0.341 e. The molecule has 1 atom stereocenters. The summed E-state index contributed by atoms with van der Waals surface area (Å²) in [5.41, 5.74) is 0.119. The zero-order valence-corrected chi connectivity index (χ0v) is 18.1. The van der Waals surface area contributed by atoms with E-state index >= 15 is 0 Å². The second kappa shape index (κ2) is 9.40. The Morgan fingerprint density at radius 3 is 2.52 bits per heavy atom. The van der Waals surface area contributed by atoms with Crippen molar-refractivity contribution in [3.8, 4) is 11.5 Å². The Bertz CT molecular complexity index is 1060. The number of esters is 2. The number of furan rings is 1. The van der Waals surface area contributed by atoms with Gasteiger partial charge in [-0.05, 0) is 24.1 Å². The summed E-state index contributed by atoms with van der Waals surface area (Å²) in [5, 5.41) is 0. The van der Waals surface area contributed by atoms with Crippen LogP contribution in [0.25, 0.3) is 0 Å². The molecule has 0 unspecified atom stereocenters. The van der Waals surface area contributed by atoms with Gasteiger partial charge in [0.2, 0.25) is 10.0 Å². The van der Waals surface area contributed by atoms with Crippen molar-refractivity contribution in [3.05, 3.63) is 41.9 Å². The number of nitrogens with one attached hydrogen (secondary N) is 1. The van der Waals surface area contributed by atoms with Crippen LogP contribution < -0.4 is 14.2 Å². The fourth-order valence-corrected chi connectivity index (χ4v) is 4.20. The van der Waals surface area contributed by atoms with Gasteiger partial charge in [-0.25, -0.2) is 13.2 Å². The van der Waals surface area contributed by atoms with E-state index in [1.807, 2.05) is 0 Å². The van der Waals surface area contributed by atoms with E-state index in [0.717, 1.165) is 0 Å². The van der Waals surface area contributed by atoms with E-state index in [4.69, 9.17) is 18.6 Å². The molecule has 3 rings (SSSR count). The summed E-state index contributed by atoms with van der Waals surface area (Å²) < 4.78 is 53.9. The molecule has 1 aromatic carbocycles. The molecule has 11 heteroatoms. The zero-order valence-electron chi connectivity index (χ0n) is 17.2. The maximum absolute atomic E-state index is 12.9. The lowest BCUT2D eigenvalue weighted by molar-refractivity contribution is -0.148. The quantitative estimate of drug-likeness (QED) is 0.595. The second-order valence-electron chi connectivity index (χ2n) is 7.01. The predicted molar refractivity (Wildman–Crippen MR) is 106 cm³/mol. The van der Waals surface area contributed by atoms with Crippen molar-refractivity contribution in [1.29, 1.82) is 0 Å². The minimum absolute atomic E-state index is 0.0748. The molecule has 1 N–H and O–H groups in total. The summed E-state index contributed by atoms with van der Waals surface area (Å²) in [6.45, 7) is 3.68. The number of hydrogen-bond donors (Lipinski definition) is 1. The maximum atomic E-state index is 12.9. The molecule has 2 heterocycles. The van der Waals surface area contributed by atoms with Gasteiger partial charge in [-0.2, -0.15) is 4.72 Å². The number of methoxy groups -OCH3 is 1. The average molecular weight is 453 g/mol. The van der Waals surface area contributed by atoms with Crippen LogP contribution in [0.3, 0.4) is 0 Å². The van der Waals surface area contributed by atoms with Crippen molar-refractivity contribution in [1.82, 2.24) is 4.72 Å². The minimum Gasteiger partial charge on any atom is -0.486 e. The Balaban J connectivity index is 1.72. The number of ether oxygens (including phenoxy) is 4. The molecule has 0 aliphatic carbocycles. The van der Waals surface area contributed by atoms with E-state index in [-0.39, 0.29) is 22.8 Å². The monoisotopic (exact) mass is 453 g/mol. The summed E-state index contributed by atoms with van der Waals surface area (Å²) in [5.74, 6) is -1.02. The first-order valence-corrected chi connectivity index (χ1v) is 10.9. The van der Waals surface area contributed by atoms with Crippen LogP contribution in [0.15, 0.2) is 39.8 Å². The molecule has 0 spiro atoms. The molecule has 2 aromatic rings. The zero-order chi connectivity index (χ0) is 22.6. The lowest BCUT2D eigenvalue weighted by atomic mass is 10.1. The summed E-state index contributed by atoms with van der Waals surface area (Å²) in [4.78, 5) is 24.2. The van der Waals surface area contributed by atoms with Crippen molar-refractivity contribution in [2.75, 3.05) is 20.3 Å². The van der Waals surface area contributed by atoms with Gasteiger partial charge in [0.1, 0.15) is 31.4 Å². The third kappa shape index (κ3) is 5.17. The number of sulfonamides is 1. The van der Waals surface area contributed by atoms with Gasteiger partial charge >= 0.3 is 11.9 Å². The van der Waals surface area contributed by atoms with Crippen LogP contribution in [0.1, 0.15) is 30.0 Å². The van der Waals surface area contributed by atoms with Crippen LogP contribution in [-0.4, -0.2) is 46.7 Å². The Labute approximate surface area is 179 Å². The Morgan fingerprint density at radius 2 is 1.84 bits per heavy atom. The summed E-state index contributed by atoms with van der Waals surface area (Å²) in [6.07, 6.45) is 1.26. The Kier molecular flexibility index (Phi) is 6.86. The van der Waals surface area contributed by atoms with Crippen LogP contribution in [0, 0.1) is 5.92 Å². The Morgan fingerprint density at radius 1 is 1.13 bits per heavy atom. The van der Waals surface area contributed by atoms with Gasteiger partial charge in [-0.1, -0.05) is 13.8 Å². The number of carbonyl (C=O) groups excluding carboxylic acids is 2. The van der Waals surface area contributed by atoms with Gasteiger partial charge in [0.05, 0.1) is 18.3 Å². The SMILES string of the molecule is COC(=O)c1ccoc1COC(=O)[C@@H](NS(=O)(=O)c1ccc2c(c1)OCCO2)C(C)C. The summed E-state index contributed by atoms with van der Waals surface area (Å²) in [7, 11) is -2.85. The van der Waals surface area contributed by atoms with Crippen LogP contribution in [-0.2, 0) is 30.9 Å². The highest BCUT2D eigenvalue weighted by Gasteiger charge is 2.31. The largest absolute Gasteiger partial charge is 0.486 e. The third-order valence-corrected chi connectivity index (χ3v) is 5.96. The highest BCUT2D eigenvalue weighted by Crippen LogP contribution is 2.32. The molecule has 168 valence electrons. The molecule has 0 amide bonds. The van der Waals surface area contributed by atoms with Crippen molar-refractivity contribution in [3.63, 3.8) is 0 Å². The van der Waals surface area contributed by atoms with Gasteiger partial charge in [-0.15, -0.1) is 0 Å². The van der Waals surface area contributed by atoms with Gasteiger partial charge in [-0.3, -0.25) is 4.79 Å². The highest BCUT2D eigenvalue weighted by molar-refractivity contribution is 7.89. The van der Waals surface area contributed by atoms with Crippen LogP contribution >= 0.6 is 0 Å². The molecule has 0 radical (unpaired) electrons. The lowest BCUT2D eigenvalue weighted by Crippen LogP contribution is -2.45. The van der Waals surface area contributed by atoms with E-state index in [9.17, 15) is 18.0 Å². The third-order valence-electron chi connectivity index (χ3n) is 4.52. The molecule has 10 nitrogen and oxygen atoms in total. The first-order valence-electron chi connectivity index (χ1n) is 9.46. The molecule has 0 bridgehead atoms. The van der Waals surface area contributed by atoms with Gasteiger partial charge in [0, 0.05) is 6.07 Å². The first-order chi connectivity index (χ1) is 14.7. The van der Waals surface area contributed by atoms with E-state index in [0.29, 0.717) is 24.7 Å². The van der Waals surface area contributed by atoms with Crippen molar-refractivity contribution in [2.45, 2.75) is 31.4 Å². The average Bonchev–Trinajstić information content (AvgIpc) is 3.23. The fraction of sp³-hybridized carbons (Fsp3) is 0.400. The van der Waals surface area contributed by atoms with Crippen LogP contribution in [0.5, 0.6) is 11.5 Å². The molecule has 1 aliphatic heterocycles. The molecular formula is C20H23NO9S. The number of benzene rings is 1. The highest BCUT2D eigenvalue weighted by atomic mass is 32.2. The first kappa shape index (κ1) is 22.6. The van der Waals surface area contributed by atoms with Gasteiger partial charge in [0.15, 0.2) is 17.3 Å². The molecular weight excluding hydrogens is 430 g/mol. The fourth-order valence-electron chi connectivity index (χ4n) is 2.85. The van der Waals surface area contributed by atoms with Crippen molar-refractivity contribution in [2.24, 2.45) is 5.92 Å². The van der Waals surface area contributed by atoms with Crippen molar-refractivity contribution < 1.29 is 41.4 Å². The number of rotatable bonds is 8. The molecule has 1 aromatic heterocycles. The molecule has 0 saturated heterocycles. The van der Waals surface area contributed by atoms with Crippen LogP contribution in [0.2, 0.25) is 0 Å². The van der Waals surface area contributed by atoms with Crippen molar-refractivity contribution >= 4 is 22.0 Å². The van der Waals surface area contributed by atoms with E-state index < -0.39 is 33.9 Å². The van der Waals surface area contributed by atoms with E-state index in [2.05, 4.69) is 9.46 Å². The predicted octanol–water partition coefficient (Wildman–Crippen LogP) is 1.88. The normalized spacial score (nSPS) is 14.2. The summed E-state index contributed by atoms with van der Waals surface area (Å²) in [6, 6.07) is 4.42. The summed E-state index contributed by atoms with van der Waals surface area (Å²) >= 11 is 0. The van der Waals surface area contributed by atoms with E-state index in [1.54, 1.807) is 13.8 Å². The van der Waals surface area contributed by atoms with E-state index in [1.165, 1.54) is 37.6 Å². The lowest BCUT2D eigenvalue weighted by Gasteiger charge is -2.22. The molecule has 1 aliphatic rings. The number of hydrogen-bond acceptors (Lipinski definition) is 9. The van der Waals surface area contributed by atoms with Gasteiger partial charge < -0.3 is 23.4 Å². The maximum Gasteiger partial charge on any atom is 0.341 e. The topological polar surface area (TPSA) is 130 Å². The minimum atomic E-state index is -4.06. The van der Waals surface area contributed by atoms with Crippen LogP contribution in [0.4, 0.5) is 0 Å². The molecule has 0 saturated carbocycles.